The largest absolute Gasteiger partial charge is 0.355 e. The van der Waals surface area contributed by atoms with Crippen LogP contribution in [0.15, 0.2) is 47.5 Å². The number of aliphatic imine (C=N–C) groups is 1. The first-order chi connectivity index (χ1) is 13.4. The molecule has 0 spiro atoms. The molecule has 2 N–H and O–H groups in total. The molecular weight excluding hydrogens is 513 g/mol. The van der Waals surface area contributed by atoms with Gasteiger partial charge in [-0.3, -0.25) is 9.30 Å². The van der Waals surface area contributed by atoms with Gasteiger partial charge in [0.15, 0.2) is 5.96 Å². The molecule has 29 heavy (non-hydrogen) atoms. The average molecular weight is 536 g/mol. The van der Waals surface area contributed by atoms with Crippen LogP contribution in [0.2, 0.25) is 0 Å². The van der Waals surface area contributed by atoms with Crippen LogP contribution >= 0.6 is 24.0 Å². The van der Waals surface area contributed by atoms with Gasteiger partial charge in [0.25, 0.3) is 0 Å². The molecule has 1 aliphatic heterocycles. The maximum atomic E-state index is 13.7. The molecule has 1 aliphatic rings. The van der Waals surface area contributed by atoms with E-state index in [2.05, 4.69) is 15.6 Å². The normalized spacial score (nSPS) is 13.6. The summed E-state index contributed by atoms with van der Waals surface area (Å²) in [4.78, 5) is 3.98. The van der Waals surface area contributed by atoms with Gasteiger partial charge in [-0.25, -0.2) is 17.2 Å². The van der Waals surface area contributed by atoms with E-state index in [1.165, 1.54) is 11.4 Å². The van der Waals surface area contributed by atoms with Crippen LogP contribution in [0.1, 0.15) is 11.1 Å². The third-order valence-corrected chi connectivity index (χ3v) is 6.28. The second-order valence-electron chi connectivity index (χ2n) is 6.36. The Morgan fingerprint density at radius 1 is 1.17 bits per heavy atom. The van der Waals surface area contributed by atoms with Gasteiger partial charge in [0, 0.05) is 32.2 Å². The molecule has 6 nitrogen and oxygen atoms in total. The molecule has 0 saturated heterocycles. The fourth-order valence-electron chi connectivity index (χ4n) is 3.08. The molecule has 0 saturated carbocycles. The highest BCUT2D eigenvalue weighted by molar-refractivity contribution is 14.0. The summed E-state index contributed by atoms with van der Waals surface area (Å²) in [6.07, 6.45) is 0.700. The van der Waals surface area contributed by atoms with Crippen LogP contribution in [-0.4, -0.2) is 40.3 Å². The maximum Gasteiger partial charge on any atom is 0.236 e. The summed E-state index contributed by atoms with van der Waals surface area (Å²) in [5.74, 6) is -0.866. The lowest BCUT2D eigenvalue weighted by atomic mass is 10.2. The summed E-state index contributed by atoms with van der Waals surface area (Å²) in [6, 6.07) is 10.7. The van der Waals surface area contributed by atoms with Gasteiger partial charge < -0.3 is 10.6 Å². The molecule has 0 unspecified atom stereocenters. The molecule has 1 heterocycles. The zero-order chi connectivity index (χ0) is 20.1. The van der Waals surface area contributed by atoms with Gasteiger partial charge in [0.1, 0.15) is 11.6 Å². The molecule has 0 radical (unpaired) electrons. The third-order valence-electron chi connectivity index (χ3n) is 4.51. The zero-order valence-corrected chi connectivity index (χ0v) is 19.0. The number of anilines is 1. The first-order valence-electron chi connectivity index (χ1n) is 8.87. The Bertz CT molecular complexity index is 986. The van der Waals surface area contributed by atoms with Crippen molar-refractivity contribution in [3.8, 4) is 0 Å². The number of guanidine groups is 1. The quantitative estimate of drug-likeness (QED) is 0.339. The zero-order valence-electron chi connectivity index (χ0n) is 15.9. The molecule has 0 atom stereocenters. The van der Waals surface area contributed by atoms with Gasteiger partial charge in [-0.15, -0.1) is 24.0 Å². The van der Waals surface area contributed by atoms with Crippen LogP contribution in [-0.2, 0) is 23.0 Å². The van der Waals surface area contributed by atoms with Gasteiger partial charge >= 0.3 is 0 Å². The summed E-state index contributed by atoms with van der Waals surface area (Å²) in [5.41, 5.74) is 1.91. The Hall–Kier alpha value is -1.95. The number of nitrogens with zero attached hydrogens (tertiary/aromatic N) is 2. The number of hydrogen-bond acceptors (Lipinski definition) is 3. The van der Waals surface area contributed by atoms with Crippen molar-refractivity contribution in [1.29, 1.82) is 0 Å². The van der Waals surface area contributed by atoms with Crippen molar-refractivity contribution < 1.29 is 17.2 Å². The molecule has 3 rings (SSSR count). The Kier molecular flexibility index (Phi) is 8.20. The summed E-state index contributed by atoms with van der Waals surface area (Å²) in [5, 5.41) is 5.74. The molecule has 0 aromatic heterocycles. The van der Waals surface area contributed by atoms with E-state index in [1.807, 2.05) is 18.2 Å². The lowest BCUT2D eigenvalue weighted by Crippen LogP contribution is -2.41. The van der Waals surface area contributed by atoms with E-state index in [-0.39, 0.29) is 48.4 Å². The molecular formula is C19H23F2IN4O2S. The predicted octanol–water partition coefficient (Wildman–Crippen LogP) is 2.64. The standard InChI is InChI=1S/C19H22F2N4O2S.HI/c1-22-19(24-13-15-12-16(20)6-7-17(15)21)23-9-11-28(26,27)25-10-8-14-4-2-3-5-18(14)25;/h2-7,12H,8-11,13H2,1H3,(H2,22,23,24);1H. The van der Waals surface area contributed by atoms with Crippen molar-refractivity contribution in [2.45, 2.75) is 13.0 Å². The minimum atomic E-state index is -3.48. The van der Waals surface area contributed by atoms with Crippen LogP contribution in [0, 0.1) is 11.6 Å². The number of nitrogens with one attached hydrogen (secondary N) is 2. The van der Waals surface area contributed by atoms with Gasteiger partial charge in [-0.2, -0.15) is 0 Å². The summed E-state index contributed by atoms with van der Waals surface area (Å²) < 4.78 is 53.7. The van der Waals surface area contributed by atoms with E-state index >= 15 is 0 Å². The second-order valence-corrected chi connectivity index (χ2v) is 8.37. The minimum absolute atomic E-state index is 0. The van der Waals surface area contributed by atoms with Crippen molar-refractivity contribution in [3.63, 3.8) is 0 Å². The molecule has 10 heteroatoms. The van der Waals surface area contributed by atoms with E-state index in [4.69, 9.17) is 0 Å². The fourth-order valence-corrected chi connectivity index (χ4v) is 4.51. The van der Waals surface area contributed by atoms with Crippen molar-refractivity contribution >= 4 is 45.6 Å². The van der Waals surface area contributed by atoms with Crippen LogP contribution in [0.5, 0.6) is 0 Å². The number of halogens is 3. The van der Waals surface area contributed by atoms with Crippen LogP contribution < -0.4 is 14.9 Å². The topological polar surface area (TPSA) is 73.8 Å². The number of para-hydroxylation sites is 1. The molecule has 2 aromatic carbocycles. The SMILES string of the molecule is CN=C(NCCS(=O)(=O)N1CCc2ccccc21)NCc1cc(F)ccc1F.I. The first kappa shape index (κ1) is 23.3. The van der Waals surface area contributed by atoms with Gasteiger partial charge in [0.2, 0.25) is 10.0 Å². The maximum absolute atomic E-state index is 13.7. The molecule has 158 valence electrons. The van der Waals surface area contributed by atoms with Crippen LogP contribution in [0.3, 0.4) is 0 Å². The highest BCUT2D eigenvalue weighted by Crippen LogP contribution is 2.29. The lowest BCUT2D eigenvalue weighted by Gasteiger charge is -2.20. The van der Waals surface area contributed by atoms with Crippen molar-refractivity contribution in [2.24, 2.45) is 4.99 Å². The predicted molar refractivity (Wildman–Crippen MR) is 121 cm³/mol. The van der Waals surface area contributed by atoms with Gasteiger partial charge in [-0.05, 0) is 36.2 Å². The van der Waals surface area contributed by atoms with E-state index in [1.54, 1.807) is 6.07 Å². The molecule has 0 bridgehead atoms. The molecule has 0 fully saturated rings. The number of rotatable bonds is 6. The molecule has 0 aliphatic carbocycles. The van der Waals surface area contributed by atoms with E-state index in [9.17, 15) is 17.2 Å². The number of benzene rings is 2. The average Bonchev–Trinajstić information content (AvgIpc) is 3.12. The summed E-state index contributed by atoms with van der Waals surface area (Å²) in [7, 11) is -1.96. The van der Waals surface area contributed by atoms with Crippen molar-refractivity contribution in [1.82, 2.24) is 10.6 Å². The Labute approximate surface area is 186 Å². The first-order valence-corrected chi connectivity index (χ1v) is 10.5. The van der Waals surface area contributed by atoms with Crippen LogP contribution in [0.4, 0.5) is 14.5 Å². The van der Waals surface area contributed by atoms with E-state index in [0.29, 0.717) is 18.9 Å². The monoisotopic (exact) mass is 536 g/mol. The van der Waals surface area contributed by atoms with Gasteiger partial charge in [0.05, 0.1) is 11.4 Å². The summed E-state index contributed by atoms with van der Waals surface area (Å²) >= 11 is 0. The molecule has 0 amide bonds. The Morgan fingerprint density at radius 3 is 2.69 bits per heavy atom. The fraction of sp³-hybridized carbons (Fsp3) is 0.316. The van der Waals surface area contributed by atoms with Crippen LogP contribution in [0.25, 0.3) is 0 Å². The number of fused-ring (bicyclic) bond motifs is 1. The Balaban J connectivity index is 0.00000300. The highest BCUT2D eigenvalue weighted by Gasteiger charge is 2.28. The molecule has 2 aromatic rings. The van der Waals surface area contributed by atoms with Crippen molar-refractivity contribution in [2.75, 3.05) is 30.2 Å². The second kappa shape index (κ2) is 10.2. The minimum Gasteiger partial charge on any atom is -0.355 e. The third kappa shape index (κ3) is 5.78. The Morgan fingerprint density at radius 2 is 1.93 bits per heavy atom. The number of hydrogen-bond donors (Lipinski definition) is 2. The van der Waals surface area contributed by atoms with Gasteiger partial charge in [-0.1, -0.05) is 18.2 Å². The van der Waals surface area contributed by atoms with E-state index in [0.717, 1.165) is 29.4 Å². The lowest BCUT2D eigenvalue weighted by molar-refractivity contribution is 0.581. The van der Waals surface area contributed by atoms with E-state index < -0.39 is 21.7 Å². The highest BCUT2D eigenvalue weighted by atomic mass is 127. The van der Waals surface area contributed by atoms with Crippen molar-refractivity contribution in [3.05, 3.63) is 65.2 Å². The summed E-state index contributed by atoms with van der Waals surface area (Å²) in [6.45, 7) is 0.593. The smallest absolute Gasteiger partial charge is 0.236 e. The number of sulfonamides is 1.